The maximum atomic E-state index is 11.8. The molecule has 1 heterocycles. The van der Waals surface area contributed by atoms with Gasteiger partial charge in [0.2, 0.25) is 20.9 Å². The van der Waals surface area contributed by atoms with E-state index in [-0.39, 0.29) is 12.3 Å². The molecule has 1 aliphatic heterocycles. The van der Waals surface area contributed by atoms with Crippen LogP contribution in [-0.2, 0) is 20.9 Å². The van der Waals surface area contributed by atoms with E-state index < -0.39 is 33.1 Å². The van der Waals surface area contributed by atoms with Crippen molar-refractivity contribution in [2.24, 2.45) is 5.10 Å². The lowest BCUT2D eigenvalue weighted by molar-refractivity contribution is 0.164. The number of carbonyl (C=O) groups excluding carboxylic acids is 1. The van der Waals surface area contributed by atoms with E-state index in [2.05, 4.69) is 10.5 Å². The van der Waals surface area contributed by atoms with Crippen molar-refractivity contribution in [3.05, 3.63) is 0 Å². The molecule has 0 radical (unpaired) electrons. The summed E-state index contributed by atoms with van der Waals surface area (Å²) < 4.78 is 46.2. The van der Waals surface area contributed by atoms with Crippen LogP contribution in [0.3, 0.4) is 0 Å². The van der Waals surface area contributed by atoms with Gasteiger partial charge >= 0.3 is 6.03 Å². The Labute approximate surface area is 113 Å². The van der Waals surface area contributed by atoms with Crippen molar-refractivity contribution in [1.29, 1.82) is 0 Å². The average molecular weight is 312 g/mol. The van der Waals surface area contributed by atoms with Gasteiger partial charge < -0.3 is 4.90 Å². The molecule has 1 N–H and O–H groups in total. The number of thiol groups is 1. The van der Waals surface area contributed by atoms with E-state index >= 15 is 0 Å². The van der Waals surface area contributed by atoms with Gasteiger partial charge in [-0.05, 0) is 20.8 Å². The molecule has 0 aromatic heterocycles. The molecular formula is C8H16N4O5S2. The molecule has 0 aromatic rings. The smallest absolute Gasteiger partial charge is 0.300 e. The highest BCUT2D eigenvalue weighted by Crippen LogP contribution is 2.14. The number of amides is 2. The first kappa shape index (κ1) is 15.9. The first-order valence-electron chi connectivity index (χ1n) is 5.47. The van der Waals surface area contributed by atoms with Crippen LogP contribution in [0.25, 0.3) is 0 Å². The van der Waals surface area contributed by atoms with Crippen LogP contribution in [0.2, 0.25) is 0 Å². The van der Waals surface area contributed by atoms with E-state index in [0.29, 0.717) is 9.42 Å². The fourth-order valence-corrected chi connectivity index (χ4v) is 3.98. The van der Waals surface area contributed by atoms with Crippen molar-refractivity contribution in [3.63, 3.8) is 0 Å². The largest absolute Gasteiger partial charge is 0.339 e. The molecular weight excluding hydrogens is 296 g/mol. The fraction of sp³-hybridized carbons (Fsp3) is 0.750. The van der Waals surface area contributed by atoms with Crippen molar-refractivity contribution in [2.45, 2.75) is 26.9 Å². The highest BCUT2D eigenvalue weighted by Gasteiger charge is 2.36. The van der Waals surface area contributed by atoms with Crippen LogP contribution in [0.4, 0.5) is 4.79 Å². The molecule has 110 valence electrons. The highest BCUT2D eigenvalue weighted by molar-refractivity contribution is 7.97. The van der Waals surface area contributed by atoms with E-state index in [1.54, 1.807) is 6.92 Å². The Kier molecular flexibility index (Phi) is 4.87. The van der Waals surface area contributed by atoms with Crippen LogP contribution in [0.5, 0.6) is 0 Å². The van der Waals surface area contributed by atoms with Gasteiger partial charge in [0.15, 0.2) is 0 Å². The molecule has 0 bridgehead atoms. The molecule has 0 spiro atoms. The van der Waals surface area contributed by atoms with Gasteiger partial charge in [-0.3, -0.25) is 0 Å². The molecule has 19 heavy (non-hydrogen) atoms. The van der Waals surface area contributed by atoms with E-state index in [1.165, 1.54) is 13.8 Å². The molecule has 0 saturated carbocycles. The summed E-state index contributed by atoms with van der Waals surface area (Å²) in [5.74, 6) is -0.372. The SMILES string of the molecule is CCS(=O)(=O)N(C(C)N1CC(C)=NNC1=O)[SH](=O)=O. The van der Waals surface area contributed by atoms with E-state index in [4.69, 9.17) is 0 Å². The predicted molar refractivity (Wildman–Crippen MR) is 69.4 cm³/mol. The number of hydrogen-bond donors (Lipinski definition) is 2. The summed E-state index contributed by atoms with van der Waals surface area (Å²) in [6, 6.07) is -0.647. The van der Waals surface area contributed by atoms with Gasteiger partial charge in [0, 0.05) is 0 Å². The molecule has 1 unspecified atom stereocenters. The monoisotopic (exact) mass is 312 g/mol. The Morgan fingerprint density at radius 1 is 1.53 bits per heavy atom. The Morgan fingerprint density at radius 2 is 2.11 bits per heavy atom. The zero-order valence-electron chi connectivity index (χ0n) is 10.7. The van der Waals surface area contributed by atoms with Gasteiger partial charge in [0.05, 0.1) is 18.0 Å². The fourth-order valence-electron chi connectivity index (χ4n) is 1.58. The quantitative estimate of drug-likeness (QED) is 0.626. The number of hydrogen-bond acceptors (Lipinski definition) is 6. The van der Waals surface area contributed by atoms with Crippen molar-refractivity contribution in [2.75, 3.05) is 12.3 Å². The summed E-state index contributed by atoms with van der Waals surface area (Å²) in [6.07, 6.45) is -1.14. The minimum Gasteiger partial charge on any atom is -0.300 e. The van der Waals surface area contributed by atoms with Crippen molar-refractivity contribution < 1.29 is 21.6 Å². The molecule has 2 amide bonds. The van der Waals surface area contributed by atoms with Crippen LogP contribution in [0.1, 0.15) is 20.8 Å². The Balaban J connectivity index is 3.12. The van der Waals surface area contributed by atoms with Crippen LogP contribution in [-0.4, -0.2) is 55.7 Å². The number of hydrazone groups is 1. The molecule has 11 heteroatoms. The average Bonchev–Trinajstić information content (AvgIpc) is 2.31. The predicted octanol–water partition coefficient (Wildman–Crippen LogP) is -1.09. The van der Waals surface area contributed by atoms with E-state index in [9.17, 15) is 21.6 Å². The highest BCUT2D eigenvalue weighted by atomic mass is 32.3. The Bertz CT molecular complexity index is 560. The molecule has 1 atom stereocenters. The van der Waals surface area contributed by atoms with Gasteiger partial charge in [-0.15, -0.1) is 0 Å². The number of nitrogens with zero attached hydrogens (tertiary/aromatic N) is 3. The molecule has 0 aliphatic carbocycles. The van der Waals surface area contributed by atoms with Crippen LogP contribution in [0.15, 0.2) is 5.10 Å². The second kappa shape index (κ2) is 5.84. The molecule has 1 aliphatic rings. The number of rotatable bonds is 5. The number of carbonyl (C=O) groups is 1. The summed E-state index contributed by atoms with van der Waals surface area (Å²) in [6.45, 7) is 4.36. The third-order valence-electron chi connectivity index (χ3n) is 2.58. The van der Waals surface area contributed by atoms with Crippen molar-refractivity contribution in [3.8, 4) is 0 Å². The van der Waals surface area contributed by atoms with E-state index in [1.807, 2.05) is 0 Å². The second-order valence-electron chi connectivity index (χ2n) is 3.93. The topological polar surface area (TPSA) is 116 Å². The lowest BCUT2D eigenvalue weighted by Crippen LogP contribution is -2.56. The number of sulfonamides is 1. The molecule has 0 aromatic carbocycles. The van der Waals surface area contributed by atoms with Crippen LogP contribution in [0, 0.1) is 0 Å². The van der Waals surface area contributed by atoms with Gasteiger partial charge in [-0.2, -0.15) is 5.10 Å². The normalized spacial score (nSPS) is 18.5. The lowest BCUT2D eigenvalue weighted by Gasteiger charge is -2.34. The van der Waals surface area contributed by atoms with Crippen LogP contribution < -0.4 is 5.43 Å². The maximum Gasteiger partial charge on any atom is 0.339 e. The summed E-state index contributed by atoms with van der Waals surface area (Å²) >= 11 is 0. The molecule has 0 saturated heterocycles. The zero-order chi connectivity index (χ0) is 14.8. The van der Waals surface area contributed by atoms with Crippen molar-refractivity contribution >= 4 is 32.7 Å². The van der Waals surface area contributed by atoms with Gasteiger partial charge in [0.25, 0.3) is 0 Å². The van der Waals surface area contributed by atoms with Crippen LogP contribution >= 0.6 is 0 Å². The second-order valence-corrected chi connectivity index (χ2v) is 7.25. The first-order valence-corrected chi connectivity index (χ1v) is 8.20. The Morgan fingerprint density at radius 3 is 2.58 bits per heavy atom. The summed E-state index contributed by atoms with van der Waals surface area (Å²) in [4.78, 5) is 12.7. The zero-order valence-corrected chi connectivity index (χ0v) is 12.4. The summed E-state index contributed by atoms with van der Waals surface area (Å²) in [5.41, 5.74) is 2.73. The molecule has 0 fully saturated rings. The van der Waals surface area contributed by atoms with Gasteiger partial charge in [0.1, 0.15) is 6.17 Å². The third kappa shape index (κ3) is 3.42. The summed E-state index contributed by atoms with van der Waals surface area (Å²) in [5, 5.41) is 3.69. The Hall–Kier alpha value is -1.20. The van der Waals surface area contributed by atoms with Gasteiger partial charge in [-0.25, -0.2) is 27.1 Å². The summed E-state index contributed by atoms with van der Waals surface area (Å²) in [7, 11) is -7.34. The number of urea groups is 1. The van der Waals surface area contributed by atoms with Crippen molar-refractivity contribution in [1.82, 2.24) is 14.0 Å². The third-order valence-corrected chi connectivity index (χ3v) is 5.99. The molecule has 9 nitrogen and oxygen atoms in total. The minimum atomic E-state index is -3.97. The maximum absolute atomic E-state index is 11.8. The standard InChI is InChI=1S/C8H16N4O5S2/c1-4-19(16,17)12(18(14)15)7(3)11-5-6(2)9-10-8(11)13/h7,18H,4-5H2,1-3H3,(H,10,13). The van der Waals surface area contributed by atoms with Gasteiger partial charge in [-0.1, -0.05) is 3.71 Å². The number of nitrogens with one attached hydrogen (secondary N) is 1. The van der Waals surface area contributed by atoms with E-state index in [0.717, 1.165) is 4.90 Å². The first-order chi connectivity index (χ1) is 8.70. The minimum absolute atomic E-state index is 0.0614. The molecule has 1 rings (SSSR count). The lowest BCUT2D eigenvalue weighted by atomic mass is 10.3.